The van der Waals surface area contributed by atoms with Crippen molar-refractivity contribution in [1.29, 1.82) is 0 Å². The molecular formula is C27H30ClNO6S. The van der Waals surface area contributed by atoms with E-state index >= 15 is 0 Å². The average molecular weight is 532 g/mol. The van der Waals surface area contributed by atoms with Crippen LogP contribution >= 0.6 is 11.6 Å². The van der Waals surface area contributed by atoms with Gasteiger partial charge in [0.15, 0.2) is 0 Å². The van der Waals surface area contributed by atoms with Crippen LogP contribution in [0.3, 0.4) is 0 Å². The number of nitrogens with zero attached hydrogens (tertiary/aromatic N) is 1. The Balaban J connectivity index is 1.74. The maximum Gasteiger partial charge on any atom is 0.410 e. The summed E-state index contributed by atoms with van der Waals surface area (Å²) in [6.07, 6.45) is -1.12. The molecule has 1 atom stereocenters. The molecule has 0 bridgehead atoms. The summed E-state index contributed by atoms with van der Waals surface area (Å²) in [6, 6.07) is 18.6. The van der Waals surface area contributed by atoms with Crippen LogP contribution in [-0.2, 0) is 21.0 Å². The molecule has 0 spiro atoms. The lowest BCUT2D eigenvalue weighted by molar-refractivity contribution is 0.0147. The molecule has 0 unspecified atom stereocenters. The zero-order valence-electron chi connectivity index (χ0n) is 20.4. The molecule has 9 heteroatoms. The Hall–Kier alpha value is -3.07. The zero-order valence-corrected chi connectivity index (χ0v) is 22.0. The first-order valence-electron chi connectivity index (χ1n) is 11.4. The van der Waals surface area contributed by atoms with E-state index in [0.717, 1.165) is 5.56 Å². The summed E-state index contributed by atoms with van der Waals surface area (Å²) in [6.45, 7) is 5.54. The van der Waals surface area contributed by atoms with Crippen LogP contribution in [0.15, 0.2) is 82.6 Å². The Morgan fingerprint density at radius 3 is 2.28 bits per heavy atom. The summed E-state index contributed by atoms with van der Waals surface area (Å²) >= 11 is 6.04. The summed E-state index contributed by atoms with van der Waals surface area (Å²) in [5.41, 5.74) is 0.673. The normalized spacial score (nSPS) is 12.7. The second-order valence-corrected chi connectivity index (χ2v) is 11.8. The van der Waals surface area contributed by atoms with Gasteiger partial charge in [0.25, 0.3) is 0 Å². The predicted molar refractivity (Wildman–Crippen MR) is 138 cm³/mol. The third-order valence-corrected chi connectivity index (χ3v) is 7.31. The Kier molecular flexibility index (Phi) is 8.66. The van der Waals surface area contributed by atoms with E-state index in [-0.39, 0.29) is 28.6 Å². The summed E-state index contributed by atoms with van der Waals surface area (Å²) in [5.74, 6) is -0.130. The minimum absolute atomic E-state index is 0.000775. The second kappa shape index (κ2) is 11.3. The first kappa shape index (κ1) is 27.5. The lowest BCUT2D eigenvalue weighted by Gasteiger charge is -2.29. The van der Waals surface area contributed by atoms with Gasteiger partial charge in [0, 0.05) is 11.6 Å². The summed E-state index contributed by atoms with van der Waals surface area (Å²) in [4.78, 5) is 14.4. The Morgan fingerprint density at radius 2 is 1.67 bits per heavy atom. The number of hydrogen-bond donors (Lipinski definition) is 2. The molecule has 1 amide bonds. The van der Waals surface area contributed by atoms with E-state index in [2.05, 4.69) is 0 Å². The average Bonchev–Trinajstić information content (AvgIpc) is 2.80. The number of aliphatic hydroxyl groups excluding tert-OH is 1. The van der Waals surface area contributed by atoms with Gasteiger partial charge in [-0.05, 0) is 80.8 Å². The molecule has 0 saturated heterocycles. The molecule has 3 aromatic rings. The molecule has 3 aromatic carbocycles. The smallest absolute Gasteiger partial charge is 0.410 e. The highest BCUT2D eigenvalue weighted by Crippen LogP contribution is 2.25. The van der Waals surface area contributed by atoms with Crippen LogP contribution in [0.1, 0.15) is 38.0 Å². The number of carbonyl (C=O) groups excluding carboxylic acids is 1. The van der Waals surface area contributed by atoms with Crippen LogP contribution in [0.2, 0.25) is 5.02 Å². The molecular weight excluding hydrogens is 502 g/mol. The molecule has 36 heavy (non-hydrogen) atoms. The van der Waals surface area contributed by atoms with Gasteiger partial charge in [0.05, 0.1) is 22.4 Å². The van der Waals surface area contributed by atoms with E-state index < -0.39 is 27.6 Å². The van der Waals surface area contributed by atoms with Gasteiger partial charge in [-0.2, -0.15) is 0 Å². The third kappa shape index (κ3) is 7.46. The van der Waals surface area contributed by atoms with Crippen molar-refractivity contribution in [2.75, 3.05) is 13.1 Å². The number of amides is 1. The molecule has 3 rings (SSSR count). The van der Waals surface area contributed by atoms with Crippen LogP contribution in [0.5, 0.6) is 5.75 Å². The van der Waals surface area contributed by atoms with Crippen molar-refractivity contribution in [3.63, 3.8) is 0 Å². The van der Waals surface area contributed by atoms with Crippen molar-refractivity contribution >= 4 is 27.5 Å². The van der Waals surface area contributed by atoms with E-state index in [9.17, 15) is 23.4 Å². The maximum absolute atomic E-state index is 12.9. The highest BCUT2D eigenvalue weighted by Gasteiger charge is 2.25. The minimum atomic E-state index is -3.78. The summed E-state index contributed by atoms with van der Waals surface area (Å²) in [5, 5.41) is 20.8. The molecule has 0 aliphatic rings. The number of phenolic OH excluding ortho intramolecular Hbond substituents is 1. The Morgan fingerprint density at radius 1 is 1.00 bits per heavy atom. The number of hydrogen-bond acceptors (Lipinski definition) is 6. The van der Waals surface area contributed by atoms with Crippen molar-refractivity contribution in [2.24, 2.45) is 0 Å². The van der Waals surface area contributed by atoms with Crippen LogP contribution in [0, 0.1) is 0 Å². The fourth-order valence-corrected chi connectivity index (χ4v) is 5.00. The van der Waals surface area contributed by atoms with E-state index in [1.54, 1.807) is 57.2 Å². The Bertz CT molecular complexity index is 1300. The van der Waals surface area contributed by atoms with Gasteiger partial charge in [-0.25, -0.2) is 13.2 Å². The number of halogens is 1. The minimum Gasteiger partial charge on any atom is -0.508 e. The number of carbonyl (C=O) groups is 1. The van der Waals surface area contributed by atoms with Crippen molar-refractivity contribution < 1.29 is 28.2 Å². The van der Waals surface area contributed by atoms with Gasteiger partial charge in [-0.3, -0.25) is 0 Å². The molecule has 0 saturated carbocycles. The van der Waals surface area contributed by atoms with Gasteiger partial charge in [-0.15, -0.1) is 0 Å². The molecule has 0 aliphatic heterocycles. The van der Waals surface area contributed by atoms with Crippen LogP contribution in [0.25, 0.3) is 0 Å². The zero-order chi connectivity index (χ0) is 26.5. The highest BCUT2D eigenvalue weighted by atomic mass is 35.5. The van der Waals surface area contributed by atoms with Crippen molar-refractivity contribution in [3.05, 3.63) is 88.9 Å². The molecule has 0 heterocycles. The monoisotopic (exact) mass is 531 g/mol. The predicted octanol–water partition coefficient (Wildman–Crippen LogP) is 5.39. The fourth-order valence-electron chi connectivity index (χ4n) is 3.50. The first-order valence-corrected chi connectivity index (χ1v) is 13.3. The molecule has 2 N–H and O–H groups in total. The fraction of sp³-hybridized carbons (Fsp3) is 0.296. The molecule has 0 radical (unpaired) electrons. The van der Waals surface area contributed by atoms with Crippen LogP contribution < -0.4 is 0 Å². The van der Waals surface area contributed by atoms with Crippen molar-refractivity contribution in [3.8, 4) is 5.75 Å². The number of aliphatic hydroxyl groups is 1. The highest BCUT2D eigenvalue weighted by molar-refractivity contribution is 7.91. The van der Waals surface area contributed by atoms with E-state index in [4.69, 9.17) is 16.3 Å². The van der Waals surface area contributed by atoms with Crippen LogP contribution in [0.4, 0.5) is 4.79 Å². The lowest BCUT2D eigenvalue weighted by atomic mass is 10.1. The van der Waals surface area contributed by atoms with Crippen LogP contribution in [-0.4, -0.2) is 48.3 Å². The summed E-state index contributed by atoms with van der Waals surface area (Å²) < 4.78 is 31.2. The number of sulfone groups is 1. The SMILES string of the molecule is CC(C)(C)OC(=O)N(CCc1ccc(S(=O)(=O)c2cccc(O)c2)cc1)C[C@H](O)c1cccc(Cl)c1. The first-order chi connectivity index (χ1) is 16.8. The van der Waals surface area contributed by atoms with Crippen molar-refractivity contribution in [1.82, 2.24) is 4.90 Å². The molecule has 7 nitrogen and oxygen atoms in total. The number of benzene rings is 3. The van der Waals surface area contributed by atoms with E-state index in [1.165, 1.54) is 41.3 Å². The lowest BCUT2D eigenvalue weighted by Crippen LogP contribution is -2.40. The number of aromatic hydroxyl groups is 1. The second-order valence-electron chi connectivity index (χ2n) is 9.39. The van der Waals surface area contributed by atoms with Gasteiger partial charge in [-0.1, -0.05) is 41.9 Å². The number of ether oxygens (including phenoxy) is 1. The van der Waals surface area contributed by atoms with Gasteiger partial charge in [0.1, 0.15) is 11.4 Å². The van der Waals surface area contributed by atoms with Gasteiger partial charge < -0.3 is 19.8 Å². The van der Waals surface area contributed by atoms with Gasteiger partial charge >= 0.3 is 6.09 Å². The van der Waals surface area contributed by atoms with E-state index in [1.807, 2.05) is 0 Å². The third-order valence-electron chi connectivity index (χ3n) is 5.31. The standard InChI is InChI=1S/C27H30ClNO6S/c1-27(2,3)35-26(32)29(18-25(31)20-6-4-7-21(28)16-20)15-14-19-10-12-23(13-11-19)36(33,34)24-9-5-8-22(30)17-24/h4-13,16-17,25,30-31H,14-15,18H2,1-3H3/t25-/m0/s1. The molecule has 0 aromatic heterocycles. The Labute approximate surface area is 216 Å². The van der Waals surface area contributed by atoms with Crippen molar-refractivity contribution in [2.45, 2.75) is 48.7 Å². The topological polar surface area (TPSA) is 104 Å². The summed E-state index contributed by atoms with van der Waals surface area (Å²) in [7, 11) is -3.78. The maximum atomic E-state index is 12.9. The molecule has 192 valence electrons. The largest absolute Gasteiger partial charge is 0.508 e. The molecule has 0 aliphatic carbocycles. The number of phenols is 1. The van der Waals surface area contributed by atoms with E-state index in [0.29, 0.717) is 17.0 Å². The quantitative estimate of drug-likeness (QED) is 0.404. The molecule has 0 fully saturated rings. The van der Waals surface area contributed by atoms with Gasteiger partial charge in [0.2, 0.25) is 9.84 Å². The number of rotatable bonds is 8.